The summed E-state index contributed by atoms with van der Waals surface area (Å²) in [6.07, 6.45) is 0. The van der Waals surface area contributed by atoms with Crippen LogP contribution in [0.2, 0.25) is 0 Å². The standard InChI is InChI=1S/C16H12O9S3/c17-26(18,19)13-8-6-11-7-9-15(27(20,21)25-28(22,23)24)16(14(11)10-13)12-4-2-1-3-5-12/h1-10H,(H,17,18,19)(H,22,23,24). The monoisotopic (exact) mass is 444 g/mol. The van der Waals surface area contributed by atoms with Gasteiger partial charge in [-0.3, -0.25) is 9.11 Å². The van der Waals surface area contributed by atoms with Gasteiger partial charge in [0.2, 0.25) is 0 Å². The van der Waals surface area contributed by atoms with Crippen LogP contribution in [-0.2, 0) is 34.3 Å². The summed E-state index contributed by atoms with van der Waals surface area (Å²) >= 11 is 0. The zero-order chi connectivity index (χ0) is 20.7. The van der Waals surface area contributed by atoms with Crippen molar-refractivity contribution in [3.05, 3.63) is 60.7 Å². The summed E-state index contributed by atoms with van der Waals surface area (Å²) in [5.41, 5.74) is 0.241. The molecule has 0 spiro atoms. The Kier molecular flexibility index (Phi) is 5.04. The SMILES string of the molecule is O=S(=O)(O)OS(=O)(=O)c1ccc2ccc(S(=O)(=O)O)cc2c1-c1ccccc1. The van der Waals surface area contributed by atoms with E-state index in [2.05, 4.69) is 3.63 Å². The molecule has 0 aliphatic carbocycles. The third-order valence-electron chi connectivity index (χ3n) is 3.76. The molecule has 0 unspecified atom stereocenters. The van der Waals surface area contributed by atoms with Crippen molar-refractivity contribution in [3.8, 4) is 11.1 Å². The van der Waals surface area contributed by atoms with Gasteiger partial charge in [-0.2, -0.15) is 25.3 Å². The molecule has 0 aliphatic heterocycles. The number of rotatable bonds is 5. The van der Waals surface area contributed by atoms with Gasteiger partial charge in [-0.15, -0.1) is 3.63 Å². The van der Waals surface area contributed by atoms with Gasteiger partial charge in [-0.25, -0.2) is 0 Å². The molecule has 3 aromatic carbocycles. The van der Waals surface area contributed by atoms with E-state index in [4.69, 9.17) is 4.55 Å². The van der Waals surface area contributed by atoms with Gasteiger partial charge in [0.1, 0.15) is 4.90 Å². The zero-order valence-electron chi connectivity index (χ0n) is 13.8. The topological polar surface area (TPSA) is 152 Å². The maximum atomic E-state index is 12.4. The molecule has 3 aromatic rings. The van der Waals surface area contributed by atoms with Crippen LogP contribution < -0.4 is 0 Å². The van der Waals surface area contributed by atoms with E-state index in [0.717, 1.165) is 18.2 Å². The first kappa shape index (κ1) is 20.4. The number of benzene rings is 3. The molecule has 0 radical (unpaired) electrons. The van der Waals surface area contributed by atoms with E-state index in [9.17, 15) is 29.8 Å². The lowest BCUT2D eigenvalue weighted by Gasteiger charge is -2.14. The maximum absolute atomic E-state index is 12.4. The molecule has 0 atom stereocenters. The average molecular weight is 444 g/mol. The Balaban J connectivity index is 2.46. The van der Waals surface area contributed by atoms with Gasteiger partial charge in [0, 0.05) is 5.56 Å². The summed E-state index contributed by atoms with van der Waals surface area (Å²) in [5.74, 6) is 0. The zero-order valence-corrected chi connectivity index (χ0v) is 16.2. The normalized spacial score (nSPS) is 12.9. The Morgan fingerprint density at radius 3 is 1.93 bits per heavy atom. The van der Waals surface area contributed by atoms with Crippen LogP contribution in [0.4, 0.5) is 0 Å². The minimum atomic E-state index is -5.34. The first-order valence-corrected chi connectivity index (χ1v) is 11.6. The molecule has 0 saturated heterocycles. The van der Waals surface area contributed by atoms with Crippen LogP contribution in [0, 0.1) is 0 Å². The largest absolute Gasteiger partial charge is 0.412 e. The molecule has 0 bridgehead atoms. The van der Waals surface area contributed by atoms with Crippen LogP contribution in [0.5, 0.6) is 0 Å². The van der Waals surface area contributed by atoms with E-state index in [1.165, 1.54) is 24.3 Å². The first-order valence-electron chi connectivity index (χ1n) is 7.42. The summed E-state index contributed by atoms with van der Waals surface area (Å²) < 4.78 is 91.7. The van der Waals surface area contributed by atoms with Crippen LogP contribution in [-0.4, -0.2) is 34.4 Å². The fraction of sp³-hybridized carbons (Fsp3) is 0. The Morgan fingerprint density at radius 2 is 1.36 bits per heavy atom. The lowest BCUT2D eigenvalue weighted by atomic mass is 9.98. The van der Waals surface area contributed by atoms with E-state index in [1.807, 2.05) is 0 Å². The van der Waals surface area contributed by atoms with Gasteiger partial charge in [-0.1, -0.05) is 42.5 Å². The van der Waals surface area contributed by atoms with Crippen molar-refractivity contribution in [2.24, 2.45) is 0 Å². The lowest BCUT2D eigenvalue weighted by Crippen LogP contribution is -2.14. The highest BCUT2D eigenvalue weighted by atomic mass is 32.3. The fourth-order valence-corrected chi connectivity index (χ4v) is 5.12. The number of hydrogen-bond donors (Lipinski definition) is 2. The van der Waals surface area contributed by atoms with Gasteiger partial charge in [0.05, 0.1) is 4.90 Å². The predicted octanol–water partition coefficient (Wildman–Crippen LogP) is 2.26. The van der Waals surface area contributed by atoms with Gasteiger partial charge >= 0.3 is 20.5 Å². The molecule has 12 heteroatoms. The molecule has 3 rings (SSSR count). The second-order valence-corrected chi connectivity index (χ2v) is 9.78. The van der Waals surface area contributed by atoms with Gasteiger partial charge in [0.15, 0.2) is 0 Å². The number of fused-ring (bicyclic) bond motifs is 1. The maximum Gasteiger partial charge on any atom is 0.412 e. The third kappa shape index (κ3) is 4.22. The summed E-state index contributed by atoms with van der Waals surface area (Å²) in [6, 6.07) is 13.8. The van der Waals surface area contributed by atoms with E-state index >= 15 is 0 Å². The third-order valence-corrected chi connectivity index (χ3v) is 6.89. The Hall–Kier alpha value is -2.35. The molecule has 0 saturated carbocycles. The summed E-state index contributed by atoms with van der Waals surface area (Å²) in [4.78, 5) is -1.10. The molecule has 28 heavy (non-hydrogen) atoms. The van der Waals surface area contributed by atoms with E-state index in [1.54, 1.807) is 18.2 Å². The van der Waals surface area contributed by atoms with Crippen molar-refractivity contribution in [1.29, 1.82) is 0 Å². The molecular formula is C16H12O9S3. The molecule has 0 amide bonds. The van der Waals surface area contributed by atoms with Crippen molar-refractivity contribution in [3.63, 3.8) is 0 Å². The van der Waals surface area contributed by atoms with Crippen LogP contribution in [0.15, 0.2) is 70.5 Å². The molecule has 0 aliphatic rings. The van der Waals surface area contributed by atoms with E-state index < -0.39 is 40.4 Å². The second kappa shape index (κ2) is 6.92. The van der Waals surface area contributed by atoms with Crippen molar-refractivity contribution in [2.45, 2.75) is 9.79 Å². The molecule has 2 N–H and O–H groups in total. The second-order valence-electron chi connectivity index (χ2n) is 5.61. The van der Waals surface area contributed by atoms with Crippen LogP contribution >= 0.6 is 0 Å². The van der Waals surface area contributed by atoms with Crippen molar-refractivity contribution >= 4 is 41.4 Å². The summed E-state index contributed by atoms with van der Waals surface area (Å²) in [5, 5.41) is 0.512. The average Bonchev–Trinajstić information content (AvgIpc) is 2.58. The van der Waals surface area contributed by atoms with Crippen molar-refractivity contribution in [2.75, 3.05) is 0 Å². The Morgan fingerprint density at radius 1 is 0.750 bits per heavy atom. The fourth-order valence-electron chi connectivity index (χ4n) is 2.70. The quantitative estimate of drug-likeness (QED) is 0.564. The molecule has 0 aromatic heterocycles. The van der Waals surface area contributed by atoms with Crippen molar-refractivity contribution < 1.29 is 38.0 Å². The molecule has 0 fully saturated rings. The Bertz CT molecular complexity index is 1380. The predicted molar refractivity (Wildman–Crippen MR) is 99.0 cm³/mol. The smallest absolute Gasteiger partial charge is 0.282 e. The van der Waals surface area contributed by atoms with Gasteiger partial charge in [0.25, 0.3) is 10.1 Å². The molecule has 0 heterocycles. The summed E-state index contributed by atoms with van der Waals surface area (Å²) in [6.45, 7) is 0. The molecule has 9 nitrogen and oxygen atoms in total. The minimum absolute atomic E-state index is 0.0627. The first-order chi connectivity index (χ1) is 12.9. The Labute approximate surface area is 161 Å². The van der Waals surface area contributed by atoms with Crippen LogP contribution in [0.25, 0.3) is 21.9 Å². The van der Waals surface area contributed by atoms with Crippen LogP contribution in [0.1, 0.15) is 0 Å². The van der Waals surface area contributed by atoms with E-state index in [-0.39, 0.29) is 10.9 Å². The highest BCUT2D eigenvalue weighted by Gasteiger charge is 2.28. The molecular weight excluding hydrogens is 432 g/mol. The minimum Gasteiger partial charge on any atom is -0.282 e. The van der Waals surface area contributed by atoms with Crippen LogP contribution in [0.3, 0.4) is 0 Å². The summed E-state index contributed by atoms with van der Waals surface area (Å²) in [7, 11) is -14.9. The lowest BCUT2D eigenvalue weighted by molar-refractivity contribution is 0.383. The van der Waals surface area contributed by atoms with Crippen molar-refractivity contribution in [1.82, 2.24) is 0 Å². The van der Waals surface area contributed by atoms with E-state index in [0.29, 0.717) is 10.9 Å². The number of hydrogen-bond acceptors (Lipinski definition) is 7. The molecule has 148 valence electrons. The van der Waals surface area contributed by atoms with Gasteiger partial charge < -0.3 is 0 Å². The highest BCUT2D eigenvalue weighted by Crippen LogP contribution is 2.37. The van der Waals surface area contributed by atoms with Gasteiger partial charge in [-0.05, 0) is 34.5 Å². The highest BCUT2D eigenvalue weighted by molar-refractivity contribution is 7.97.